The first kappa shape index (κ1) is 26.3. The molecule has 3 fully saturated rings. The Bertz CT molecular complexity index is 1200. The summed E-state index contributed by atoms with van der Waals surface area (Å²) in [5.41, 5.74) is 3.36. The van der Waals surface area contributed by atoms with Crippen LogP contribution in [0.4, 0.5) is 0 Å². The van der Waals surface area contributed by atoms with Crippen LogP contribution in [0.25, 0.3) is 11.3 Å². The summed E-state index contributed by atoms with van der Waals surface area (Å²) in [6.07, 6.45) is 7.81. The summed E-state index contributed by atoms with van der Waals surface area (Å²) in [5, 5.41) is 14.6. The van der Waals surface area contributed by atoms with Crippen LogP contribution in [-0.2, 0) is 4.79 Å². The van der Waals surface area contributed by atoms with E-state index in [4.69, 9.17) is 4.52 Å². The third-order valence-electron chi connectivity index (χ3n) is 9.52. The minimum atomic E-state index is -0.628. The predicted octanol–water partition coefficient (Wildman–Crippen LogP) is 6.27. The van der Waals surface area contributed by atoms with Gasteiger partial charge in [-0.3, -0.25) is 9.69 Å². The lowest BCUT2D eigenvalue weighted by Gasteiger charge is -2.35. The average Bonchev–Trinajstić information content (AvgIpc) is 3.63. The molecule has 1 aromatic heterocycles. The van der Waals surface area contributed by atoms with Crippen molar-refractivity contribution < 1.29 is 14.4 Å². The van der Waals surface area contributed by atoms with Gasteiger partial charge >= 0.3 is 5.97 Å². The van der Waals surface area contributed by atoms with Crippen LogP contribution in [0.3, 0.4) is 0 Å². The first-order chi connectivity index (χ1) is 19.2. The van der Waals surface area contributed by atoms with E-state index in [2.05, 4.69) is 63.5 Å². The fourth-order valence-electron chi connectivity index (χ4n) is 7.46. The third-order valence-corrected chi connectivity index (χ3v) is 9.52. The van der Waals surface area contributed by atoms with Crippen LogP contribution in [0, 0.1) is 11.8 Å². The van der Waals surface area contributed by atoms with Gasteiger partial charge in [-0.15, -0.1) is 0 Å². The van der Waals surface area contributed by atoms with Crippen molar-refractivity contribution >= 4 is 5.97 Å². The van der Waals surface area contributed by atoms with E-state index in [1.165, 1.54) is 24.8 Å². The fraction of sp³-hybridized carbons (Fsp3) is 0.515. The summed E-state index contributed by atoms with van der Waals surface area (Å²) in [5.74, 6) is 1.86. The molecule has 6 rings (SSSR count). The number of carbonyl (C=O) groups is 1. The SMILES string of the molecule is O=C(O)[C@@H](C1CCCCC1)N1C[C@H](CN2CCC(c3cc(-c4ccccc4)no3)CC2)[C@@H](c2ccccc2)C1. The molecule has 3 heterocycles. The molecule has 6 nitrogen and oxygen atoms in total. The Kier molecular flexibility index (Phi) is 8.12. The van der Waals surface area contributed by atoms with Crippen LogP contribution in [0.2, 0.25) is 0 Å². The first-order valence-corrected chi connectivity index (χ1v) is 14.9. The molecular formula is C33H41N3O3. The predicted molar refractivity (Wildman–Crippen MR) is 153 cm³/mol. The second kappa shape index (κ2) is 12.1. The van der Waals surface area contributed by atoms with Crippen LogP contribution in [-0.4, -0.2) is 64.8 Å². The van der Waals surface area contributed by atoms with Gasteiger partial charge < -0.3 is 14.5 Å². The average molecular weight is 528 g/mol. The van der Waals surface area contributed by atoms with Crippen LogP contribution >= 0.6 is 0 Å². The van der Waals surface area contributed by atoms with Crippen molar-refractivity contribution in [3.05, 3.63) is 78.1 Å². The highest BCUT2D eigenvalue weighted by Gasteiger charge is 2.43. The number of piperidine rings is 1. The summed E-state index contributed by atoms with van der Waals surface area (Å²) < 4.78 is 5.79. The van der Waals surface area contributed by atoms with E-state index in [0.29, 0.717) is 17.8 Å². The van der Waals surface area contributed by atoms with E-state index in [1.54, 1.807) is 0 Å². The lowest BCUT2D eigenvalue weighted by atomic mass is 9.83. The van der Waals surface area contributed by atoms with Crippen LogP contribution in [0.15, 0.2) is 71.3 Å². The molecule has 0 unspecified atom stereocenters. The normalized spacial score (nSPS) is 24.6. The largest absolute Gasteiger partial charge is 0.480 e. The Balaban J connectivity index is 1.12. The first-order valence-electron chi connectivity index (χ1n) is 14.9. The van der Waals surface area contributed by atoms with Gasteiger partial charge in [0.15, 0.2) is 0 Å². The van der Waals surface area contributed by atoms with Crippen LogP contribution in [0.5, 0.6) is 0 Å². The summed E-state index contributed by atoms with van der Waals surface area (Å²) >= 11 is 0. The van der Waals surface area contributed by atoms with Gasteiger partial charge in [0.2, 0.25) is 0 Å². The number of hydrogen-bond donors (Lipinski definition) is 1. The highest BCUT2D eigenvalue weighted by atomic mass is 16.5. The van der Waals surface area contributed by atoms with E-state index in [-0.39, 0.29) is 12.0 Å². The van der Waals surface area contributed by atoms with Crippen molar-refractivity contribution in [3.63, 3.8) is 0 Å². The Morgan fingerprint density at radius 2 is 1.62 bits per heavy atom. The van der Waals surface area contributed by atoms with E-state index < -0.39 is 5.97 Å². The maximum Gasteiger partial charge on any atom is 0.321 e. The molecule has 1 N–H and O–H groups in total. The number of aliphatic carboxylic acids is 1. The zero-order chi connectivity index (χ0) is 26.6. The molecule has 3 aliphatic rings. The monoisotopic (exact) mass is 527 g/mol. The topological polar surface area (TPSA) is 69.8 Å². The number of aromatic nitrogens is 1. The van der Waals surface area contributed by atoms with Crippen molar-refractivity contribution in [3.8, 4) is 11.3 Å². The summed E-state index contributed by atoms with van der Waals surface area (Å²) in [6.45, 7) is 4.81. The Morgan fingerprint density at radius 3 is 2.31 bits per heavy atom. The number of carboxylic acids is 1. The van der Waals surface area contributed by atoms with Crippen LogP contribution < -0.4 is 0 Å². The lowest BCUT2D eigenvalue weighted by molar-refractivity contribution is -0.145. The van der Waals surface area contributed by atoms with Crippen molar-refractivity contribution in [2.45, 2.75) is 62.8 Å². The zero-order valence-corrected chi connectivity index (χ0v) is 22.8. The lowest BCUT2D eigenvalue weighted by Crippen LogP contribution is -2.46. The molecule has 3 aromatic rings. The number of benzene rings is 2. The number of hydrogen-bond acceptors (Lipinski definition) is 5. The molecule has 0 amide bonds. The van der Waals surface area contributed by atoms with Gasteiger partial charge in [0.25, 0.3) is 0 Å². The summed E-state index contributed by atoms with van der Waals surface area (Å²) in [4.78, 5) is 17.5. The Hall–Kier alpha value is -2.96. The molecule has 2 saturated heterocycles. The third kappa shape index (κ3) is 5.97. The Morgan fingerprint density at radius 1 is 0.923 bits per heavy atom. The number of nitrogens with zero attached hydrogens (tertiary/aromatic N) is 3. The maximum absolute atomic E-state index is 12.5. The molecule has 6 heteroatoms. The Labute approximate surface area is 232 Å². The van der Waals surface area contributed by atoms with Crippen molar-refractivity contribution in [2.75, 3.05) is 32.7 Å². The summed E-state index contributed by atoms with van der Waals surface area (Å²) in [6, 6.07) is 22.8. The van der Waals surface area contributed by atoms with Crippen molar-refractivity contribution in [2.24, 2.45) is 11.8 Å². The molecule has 0 spiro atoms. The molecule has 2 aromatic carbocycles. The molecule has 2 aliphatic heterocycles. The molecule has 206 valence electrons. The van der Waals surface area contributed by atoms with Gasteiger partial charge in [0, 0.05) is 43.1 Å². The number of carboxylic acid groups (broad SMARTS) is 1. The van der Waals surface area contributed by atoms with E-state index in [9.17, 15) is 9.90 Å². The second-order valence-electron chi connectivity index (χ2n) is 12.0. The van der Waals surface area contributed by atoms with Gasteiger partial charge in [0.1, 0.15) is 17.5 Å². The second-order valence-corrected chi connectivity index (χ2v) is 12.0. The molecule has 0 radical (unpaired) electrons. The van der Waals surface area contributed by atoms with Gasteiger partial charge in [-0.1, -0.05) is 85.1 Å². The van der Waals surface area contributed by atoms with Gasteiger partial charge in [0.05, 0.1) is 0 Å². The standard InChI is InChI=1S/C33H41N3O3/c37-33(38)32(27-14-8-3-9-15-27)36-22-28(29(23-36)24-10-4-1-5-11-24)21-35-18-16-26(17-19-35)31-20-30(34-39-31)25-12-6-2-7-13-25/h1-2,4-7,10-13,20,26-29,32H,3,8-9,14-19,21-23H2,(H,37,38)/t28-,29+,32+/m0/s1. The minimum absolute atomic E-state index is 0.282. The smallest absolute Gasteiger partial charge is 0.321 e. The minimum Gasteiger partial charge on any atom is -0.480 e. The van der Waals surface area contributed by atoms with Gasteiger partial charge in [-0.25, -0.2) is 0 Å². The molecule has 0 bridgehead atoms. The summed E-state index contributed by atoms with van der Waals surface area (Å²) in [7, 11) is 0. The number of rotatable bonds is 8. The maximum atomic E-state index is 12.5. The zero-order valence-electron chi connectivity index (χ0n) is 22.8. The number of likely N-dealkylation sites (tertiary alicyclic amines) is 2. The molecule has 1 aliphatic carbocycles. The quantitative estimate of drug-likeness (QED) is 0.372. The van der Waals surface area contributed by atoms with E-state index in [1.807, 2.05) is 18.2 Å². The van der Waals surface area contributed by atoms with Gasteiger partial charge in [-0.05, 0) is 56.2 Å². The molecule has 39 heavy (non-hydrogen) atoms. The highest BCUT2D eigenvalue weighted by Crippen LogP contribution is 2.39. The highest BCUT2D eigenvalue weighted by molar-refractivity contribution is 5.74. The fourth-order valence-corrected chi connectivity index (χ4v) is 7.46. The molecule has 1 saturated carbocycles. The van der Waals surface area contributed by atoms with Crippen LogP contribution in [0.1, 0.15) is 68.1 Å². The molecule has 3 atom stereocenters. The van der Waals surface area contributed by atoms with Crippen molar-refractivity contribution in [1.82, 2.24) is 15.0 Å². The van der Waals surface area contributed by atoms with E-state index in [0.717, 1.165) is 75.4 Å². The van der Waals surface area contributed by atoms with E-state index >= 15 is 0 Å². The van der Waals surface area contributed by atoms with Crippen molar-refractivity contribution in [1.29, 1.82) is 0 Å². The molecular weight excluding hydrogens is 486 g/mol. The van der Waals surface area contributed by atoms with Gasteiger partial charge in [-0.2, -0.15) is 0 Å².